The Balaban J connectivity index is 0.000000811. The highest BCUT2D eigenvalue weighted by molar-refractivity contribution is 5.28. The van der Waals surface area contributed by atoms with Crippen LogP contribution in [0.5, 0.6) is 5.75 Å². The average molecular weight is 236 g/mol. The molecule has 1 nitrogen and oxygen atoms in total. The van der Waals surface area contributed by atoms with E-state index >= 15 is 0 Å². The van der Waals surface area contributed by atoms with E-state index in [-0.39, 0.29) is 7.43 Å². The summed E-state index contributed by atoms with van der Waals surface area (Å²) >= 11 is 0. The molecule has 1 saturated carbocycles. The van der Waals surface area contributed by atoms with Crippen LogP contribution in [0.1, 0.15) is 65.4 Å². The van der Waals surface area contributed by atoms with E-state index in [2.05, 4.69) is 19.1 Å². The predicted molar refractivity (Wildman–Crippen MR) is 76.6 cm³/mol. The third-order valence-electron chi connectivity index (χ3n) is 3.38. The molecule has 17 heavy (non-hydrogen) atoms. The monoisotopic (exact) mass is 236 g/mol. The molecule has 0 atom stereocenters. The first kappa shape index (κ1) is 16.0. The van der Waals surface area contributed by atoms with Crippen LogP contribution in [0, 0.1) is 5.92 Å². The molecular weight excluding hydrogens is 208 g/mol. The summed E-state index contributed by atoms with van der Waals surface area (Å²) < 4.78 is 0. The van der Waals surface area contributed by atoms with Crippen LogP contribution in [0.15, 0.2) is 24.3 Å². The van der Waals surface area contributed by atoms with Crippen molar-refractivity contribution >= 4 is 0 Å². The van der Waals surface area contributed by atoms with E-state index in [0.29, 0.717) is 5.75 Å². The van der Waals surface area contributed by atoms with Gasteiger partial charge in [0.05, 0.1) is 0 Å². The smallest absolute Gasteiger partial charge is 0.115 e. The molecule has 0 aromatic heterocycles. The first-order chi connectivity index (χ1) is 7.75. The zero-order chi connectivity index (χ0) is 12.0. The minimum Gasteiger partial charge on any atom is -0.508 e. The normalized spacial score (nSPS) is 23.0. The fourth-order valence-electron chi connectivity index (χ4n) is 2.34. The van der Waals surface area contributed by atoms with Crippen LogP contribution in [0.2, 0.25) is 0 Å². The molecule has 1 aromatic carbocycles. The van der Waals surface area contributed by atoms with Crippen molar-refractivity contribution < 1.29 is 5.11 Å². The summed E-state index contributed by atoms with van der Waals surface area (Å²) in [6.45, 7) is 6.34. The number of hydrogen-bond acceptors (Lipinski definition) is 1. The molecule has 0 radical (unpaired) electrons. The van der Waals surface area contributed by atoms with Crippen molar-refractivity contribution in [2.45, 2.75) is 59.8 Å². The molecule has 0 amide bonds. The molecule has 0 aliphatic heterocycles. The summed E-state index contributed by atoms with van der Waals surface area (Å²) in [7, 11) is 0. The quantitative estimate of drug-likeness (QED) is 0.697. The van der Waals surface area contributed by atoms with Gasteiger partial charge < -0.3 is 5.11 Å². The molecule has 98 valence electrons. The molecule has 1 heteroatoms. The Bertz CT molecular complexity index is 281. The van der Waals surface area contributed by atoms with E-state index in [9.17, 15) is 5.11 Å². The van der Waals surface area contributed by atoms with Gasteiger partial charge >= 0.3 is 0 Å². The van der Waals surface area contributed by atoms with Crippen LogP contribution in [-0.2, 0) is 0 Å². The molecule has 2 rings (SSSR count). The molecular formula is C16H28O. The van der Waals surface area contributed by atoms with Crippen LogP contribution >= 0.6 is 0 Å². The summed E-state index contributed by atoms with van der Waals surface area (Å²) in [5, 5.41) is 9.20. The molecule has 0 heterocycles. The van der Waals surface area contributed by atoms with E-state index in [1.807, 2.05) is 13.8 Å². The van der Waals surface area contributed by atoms with Crippen molar-refractivity contribution in [2.24, 2.45) is 5.92 Å². The summed E-state index contributed by atoms with van der Waals surface area (Å²) in [5.41, 5.74) is 1.40. The van der Waals surface area contributed by atoms with Gasteiger partial charge in [0.15, 0.2) is 0 Å². The lowest BCUT2D eigenvalue weighted by Gasteiger charge is -2.26. The van der Waals surface area contributed by atoms with E-state index < -0.39 is 0 Å². The molecule has 0 saturated heterocycles. The Hall–Kier alpha value is -0.980. The van der Waals surface area contributed by atoms with Crippen molar-refractivity contribution in [3.8, 4) is 5.75 Å². The first-order valence-electron chi connectivity index (χ1n) is 6.54. The second-order valence-corrected chi connectivity index (χ2v) is 4.55. The maximum atomic E-state index is 9.20. The largest absolute Gasteiger partial charge is 0.508 e. The van der Waals surface area contributed by atoms with Crippen molar-refractivity contribution in [2.75, 3.05) is 0 Å². The number of rotatable bonds is 1. The summed E-state index contributed by atoms with van der Waals surface area (Å²) in [5.74, 6) is 2.01. The number of phenolic OH excluding ortho intramolecular Hbond substituents is 1. The second kappa shape index (κ2) is 8.16. The Morgan fingerprint density at radius 1 is 0.941 bits per heavy atom. The Morgan fingerprint density at radius 2 is 1.41 bits per heavy atom. The highest BCUT2D eigenvalue weighted by Gasteiger charge is 2.19. The fourth-order valence-corrected chi connectivity index (χ4v) is 2.34. The van der Waals surface area contributed by atoms with Crippen LogP contribution < -0.4 is 0 Å². The third-order valence-corrected chi connectivity index (χ3v) is 3.38. The van der Waals surface area contributed by atoms with Crippen LogP contribution in [0.3, 0.4) is 0 Å². The standard InChI is InChI=1S/C13H18O.C2H6.CH4/c1-10-2-4-11(5-3-10)12-6-8-13(14)9-7-12;1-2;/h6-11,14H,2-5H2,1H3;1-2H3;1H4. The molecule has 1 fully saturated rings. The van der Waals surface area contributed by atoms with Gasteiger partial charge in [-0.15, -0.1) is 0 Å². The van der Waals surface area contributed by atoms with Gasteiger partial charge in [-0.3, -0.25) is 0 Å². The second-order valence-electron chi connectivity index (χ2n) is 4.55. The summed E-state index contributed by atoms with van der Waals surface area (Å²) in [6.07, 6.45) is 5.33. The van der Waals surface area contributed by atoms with Crippen molar-refractivity contribution in [3.05, 3.63) is 29.8 Å². The lowest BCUT2D eigenvalue weighted by atomic mass is 9.79. The van der Waals surface area contributed by atoms with Crippen molar-refractivity contribution in [1.29, 1.82) is 0 Å². The van der Waals surface area contributed by atoms with Gasteiger partial charge in [0.2, 0.25) is 0 Å². The molecule has 0 bridgehead atoms. The average Bonchev–Trinajstić information content (AvgIpc) is 2.34. The van der Waals surface area contributed by atoms with Gasteiger partial charge in [0, 0.05) is 0 Å². The Kier molecular flexibility index (Phi) is 7.69. The maximum Gasteiger partial charge on any atom is 0.115 e. The lowest BCUT2D eigenvalue weighted by Crippen LogP contribution is -2.10. The van der Waals surface area contributed by atoms with Crippen LogP contribution in [0.4, 0.5) is 0 Å². The van der Waals surface area contributed by atoms with Crippen molar-refractivity contribution in [3.63, 3.8) is 0 Å². The minimum atomic E-state index is 0. The molecule has 1 N–H and O–H groups in total. The number of hydrogen-bond donors (Lipinski definition) is 1. The van der Waals surface area contributed by atoms with E-state index in [1.165, 1.54) is 31.2 Å². The number of phenols is 1. The van der Waals surface area contributed by atoms with Gasteiger partial charge in [0.1, 0.15) is 5.75 Å². The van der Waals surface area contributed by atoms with E-state index in [1.54, 1.807) is 12.1 Å². The van der Waals surface area contributed by atoms with Gasteiger partial charge in [0.25, 0.3) is 0 Å². The van der Waals surface area contributed by atoms with Gasteiger partial charge in [-0.2, -0.15) is 0 Å². The van der Waals surface area contributed by atoms with Gasteiger partial charge in [-0.05, 0) is 42.4 Å². The Morgan fingerprint density at radius 3 is 1.88 bits per heavy atom. The molecule has 0 spiro atoms. The SMILES string of the molecule is C.CC.CC1CCC(c2ccc(O)cc2)CC1. The van der Waals surface area contributed by atoms with Gasteiger partial charge in [-0.25, -0.2) is 0 Å². The van der Waals surface area contributed by atoms with Crippen LogP contribution in [0.25, 0.3) is 0 Å². The number of aromatic hydroxyl groups is 1. The first-order valence-corrected chi connectivity index (χ1v) is 6.54. The zero-order valence-electron chi connectivity index (χ0n) is 10.7. The minimum absolute atomic E-state index is 0. The lowest BCUT2D eigenvalue weighted by molar-refractivity contribution is 0.347. The zero-order valence-corrected chi connectivity index (χ0v) is 10.7. The van der Waals surface area contributed by atoms with Crippen molar-refractivity contribution in [1.82, 2.24) is 0 Å². The summed E-state index contributed by atoms with van der Waals surface area (Å²) in [4.78, 5) is 0. The predicted octanol–water partition coefficient (Wildman–Crippen LogP) is 5.35. The molecule has 1 aliphatic carbocycles. The summed E-state index contributed by atoms with van der Waals surface area (Å²) in [6, 6.07) is 7.73. The highest BCUT2D eigenvalue weighted by atomic mass is 16.3. The van der Waals surface area contributed by atoms with Crippen LogP contribution in [-0.4, -0.2) is 5.11 Å². The fraction of sp³-hybridized carbons (Fsp3) is 0.625. The topological polar surface area (TPSA) is 20.2 Å². The Labute approximate surface area is 107 Å². The third kappa shape index (κ3) is 4.80. The maximum absolute atomic E-state index is 9.20. The van der Waals surface area contributed by atoms with E-state index in [4.69, 9.17) is 0 Å². The van der Waals surface area contributed by atoms with E-state index in [0.717, 1.165) is 11.8 Å². The molecule has 1 aromatic rings. The molecule has 1 aliphatic rings. The number of benzene rings is 1. The van der Waals surface area contributed by atoms with Gasteiger partial charge in [-0.1, -0.05) is 53.2 Å². The highest BCUT2D eigenvalue weighted by Crippen LogP contribution is 2.35. The molecule has 0 unspecified atom stereocenters.